The van der Waals surface area contributed by atoms with E-state index in [0.717, 1.165) is 25.7 Å². The summed E-state index contributed by atoms with van der Waals surface area (Å²) >= 11 is 0. The summed E-state index contributed by atoms with van der Waals surface area (Å²) in [6.07, 6.45) is 5.21. The maximum absolute atomic E-state index is 9.63. The molecule has 2 rings (SSSR count). The van der Waals surface area contributed by atoms with Gasteiger partial charge in [-0.05, 0) is 42.9 Å². The molecule has 0 unspecified atom stereocenters. The summed E-state index contributed by atoms with van der Waals surface area (Å²) in [4.78, 5) is 0. The van der Waals surface area contributed by atoms with Crippen LogP contribution in [0.15, 0.2) is 0 Å². The van der Waals surface area contributed by atoms with Crippen LogP contribution in [0, 0.1) is 17.3 Å². The van der Waals surface area contributed by atoms with Gasteiger partial charge in [0.25, 0.3) is 0 Å². The van der Waals surface area contributed by atoms with E-state index < -0.39 is 11.6 Å². The van der Waals surface area contributed by atoms with E-state index in [9.17, 15) is 20.4 Å². The number of hydrogen-bond donors (Lipinski definition) is 4. The Labute approximate surface area is 115 Å². The first-order chi connectivity index (χ1) is 8.62. The maximum Gasteiger partial charge on any atom is 0.162 e. The normalized spacial score (nSPS) is 29.4. The fraction of sp³-hybridized carbons (Fsp3) is 1.00. The molecule has 0 radical (unpaired) electrons. The van der Waals surface area contributed by atoms with E-state index in [-0.39, 0.29) is 5.41 Å². The van der Waals surface area contributed by atoms with Gasteiger partial charge >= 0.3 is 0 Å². The summed E-state index contributed by atoms with van der Waals surface area (Å²) < 4.78 is 0. The van der Waals surface area contributed by atoms with E-state index in [2.05, 4.69) is 13.8 Å². The minimum absolute atomic E-state index is 0.132. The van der Waals surface area contributed by atoms with E-state index in [0.29, 0.717) is 37.5 Å². The van der Waals surface area contributed by atoms with Crippen LogP contribution in [0.25, 0.3) is 0 Å². The highest BCUT2D eigenvalue weighted by Crippen LogP contribution is 2.50. The predicted octanol–water partition coefficient (Wildman–Crippen LogP) is 1.75. The summed E-state index contributed by atoms with van der Waals surface area (Å²) in [5.74, 6) is -1.95. The Morgan fingerprint density at radius 1 is 0.684 bits per heavy atom. The minimum atomic E-state index is -1.47. The molecule has 0 aliphatic heterocycles. The van der Waals surface area contributed by atoms with Crippen LogP contribution in [0.2, 0.25) is 0 Å². The molecule has 2 aliphatic rings. The van der Waals surface area contributed by atoms with Crippen molar-refractivity contribution in [3.8, 4) is 0 Å². The second kappa shape index (κ2) is 4.99. The van der Waals surface area contributed by atoms with Crippen LogP contribution < -0.4 is 0 Å². The van der Waals surface area contributed by atoms with Crippen molar-refractivity contribution in [2.75, 3.05) is 0 Å². The van der Waals surface area contributed by atoms with Gasteiger partial charge < -0.3 is 20.4 Å². The van der Waals surface area contributed by atoms with Crippen LogP contribution in [0.4, 0.5) is 0 Å². The van der Waals surface area contributed by atoms with Crippen molar-refractivity contribution < 1.29 is 20.4 Å². The highest BCUT2D eigenvalue weighted by atomic mass is 16.5. The molecule has 0 aromatic rings. The van der Waals surface area contributed by atoms with Crippen molar-refractivity contribution in [3.63, 3.8) is 0 Å². The van der Waals surface area contributed by atoms with E-state index >= 15 is 0 Å². The van der Waals surface area contributed by atoms with Crippen molar-refractivity contribution in [1.29, 1.82) is 0 Å². The molecule has 2 saturated carbocycles. The first-order valence-electron chi connectivity index (χ1n) is 7.52. The van der Waals surface area contributed by atoms with Gasteiger partial charge in [-0.3, -0.25) is 0 Å². The van der Waals surface area contributed by atoms with E-state index in [1.165, 1.54) is 0 Å². The van der Waals surface area contributed by atoms with Crippen molar-refractivity contribution >= 4 is 0 Å². The lowest BCUT2D eigenvalue weighted by atomic mass is 9.60. The third kappa shape index (κ3) is 3.48. The molecule has 2 aliphatic carbocycles. The molecule has 0 heterocycles. The monoisotopic (exact) mass is 272 g/mol. The van der Waals surface area contributed by atoms with E-state index in [1.54, 1.807) is 0 Å². The summed E-state index contributed by atoms with van der Waals surface area (Å²) in [5.41, 5.74) is 0.132. The number of aliphatic hydroxyl groups is 4. The summed E-state index contributed by atoms with van der Waals surface area (Å²) in [6, 6.07) is 0. The number of rotatable bonds is 2. The van der Waals surface area contributed by atoms with E-state index in [1.807, 2.05) is 0 Å². The predicted molar refractivity (Wildman–Crippen MR) is 72.0 cm³/mol. The van der Waals surface area contributed by atoms with Gasteiger partial charge in [-0.1, -0.05) is 13.8 Å². The van der Waals surface area contributed by atoms with Crippen LogP contribution in [-0.2, 0) is 0 Å². The second-order valence-electron chi connectivity index (χ2n) is 7.33. The summed E-state index contributed by atoms with van der Waals surface area (Å²) in [5, 5.41) is 38.5. The average molecular weight is 272 g/mol. The molecule has 19 heavy (non-hydrogen) atoms. The average Bonchev–Trinajstić information content (AvgIpc) is 2.27. The highest BCUT2D eigenvalue weighted by Gasteiger charge is 2.44. The Bertz CT molecular complexity index is 272. The van der Waals surface area contributed by atoms with Gasteiger partial charge in [-0.2, -0.15) is 0 Å². The number of hydrogen-bond acceptors (Lipinski definition) is 4. The SMILES string of the molecule is CC(C)(C1CCC(O)(O)CC1)C1CCC(O)(O)CC1. The molecule has 0 atom stereocenters. The molecule has 2 fully saturated rings. The minimum Gasteiger partial charge on any atom is -0.366 e. The highest BCUT2D eigenvalue weighted by molar-refractivity contribution is 4.92. The lowest BCUT2D eigenvalue weighted by Gasteiger charge is -2.47. The van der Waals surface area contributed by atoms with Crippen molar-refractivity contribution in [1.82, 2.24) is 0 Å². The van der Waals surface area contributed by atoms with Gasteiger partial charge in [0.15, 0.2) is 11.6 Å². The molecular weight excluding hydrogens is 244 g/mol. The lowest BCUT2D eigenvalue weighted by molar-refractivity contribution is -0.203. The fourth-order valence-electron chi connectivity index (χ4n) is 3.98. The molecule has 0 aromatic carbocycles. The maximum atomic E-state index is 9.63. The largest absolute Gasteiger partial charge is 0.366 e. The Balaban J connectivity index is 1.95. The smallest absolute Gasteiger partial charge is 0.162 e. The zero-order chi connectivity index (χ0) is 14.3. The Kier molecular flexibility index (Phi) is 4.00. The van der Waals surface area contributed by atoms with E-state index in [4.69, 9.17) is 0 Å². The first kappa shape index (κ1) is 15.2. The van der Waals surface area contributed by atoms with Crippen molar-refractivity contribution in [2.24, 2.45) is 17.3 Å². The molecule has 0 saturated heterocycles. The van der Waals surface area contributed by atoms with Gasteiger partial charge in [-0.25, -0.2) is 0 Å². The zero-order valence-electron chi connectivity index (χ0n) is 12.1. The molecule has 112 valence electrons. The second-order valence-corrected chi connectivity index (χ2v) is 7.33. The quantitative estimate of drug-likeness (QED) is 0.577. The molecule has 4 nitrogen and oxygen atoms in total. The van der Waals surface area contributed by atoms with Crippen LogP contribution >= 0.6 is 0 Å². The van der Waals surface area contributed by atoms with Gasteiger partial charge in [0, 0.05) is 25.7 Å². The van der Waals surface area contributed by atoms with Crippen LogP contribution in [0.1, 0.15) is 65.2 Å². The van der Waals surface area contributed by atoms with Crippen LogP contribution in [0.3, 0.4) is 0 Å². The Morgan fingerprint density at radius 3 is 1.21 bits per heavy atom. The Morgan fingerprint density at radius 2 is 0.947 bits per heavy atom. The van der Waals surface area contributed by atoms with Crippen LogP contribution in [0.5, 0.6) is 0 Å². The molecule has 0 spiro atoms. The molecule has 0 bridgehead atoms. The van der Waals surface area contributed by atoms with Gasteiger partial charge in [0.2, 0.25) is 0 Å². The lowest BCUT2D eigenvalue weighted by Crippen LogP contribution is -2.44. The third-order valence-corrected chi connectivity index (χ3v) is 5.68. The molecule has 4 N–H and O–H groups in total. The topological polar surface area (TPSA) is 80.9 Å². The third-order valence-electron chi connectivity index (χ3n) is 5.68. The molecule has 4 heteroatoms. The first-order valence-corrected chi connectivity index (χ1v) is 7.52. The fourth-order valence-corrected chi connectivity index (χ4v) is 3.98. The van der Waals surface area contributed by atoms with Gasteiger partial charge in [0.05, 0.1) is 0 Å². The molecule has 0 aromatic heterocycles. The summed E-state index contributed by atoms with van der Waals surface area (Å²) in [6.45, 7) is 4.51. The van der Waals surface area contributed by atoms with Crippen molar-refractivity contribution in [3.05, 3.63) is 0 Å². The van der Waals surface area contributed by atoms with Crippen LogP contribution in [-0.4, -0.2) is 32.0 Å². The molecular formula is C15H28O4. The zero-order valence-corrected chi connectivity index (χ0v) is 12.1. The molecule has 0 amide bonds. The van der Waals surface area contributed by atoms with Gasteiger partial charge in [0.1, 0.15) is 0 Å². The van der Waals surface area contributed by atoms with Gasteiger partial charge in [-0.15, -0.1) is 0 Å². The summed E-state index contributed by atoms with van der Waals surface area (Å²) in [7, 11) is 0. The standard InChI is InChI=1S/C15H28O4/c1-13(2,11-3-7-14(16,17)8-4-11)12-5-9-15(18,19)10-6-12/h11-12,16-19H,3-10H2,1-2H3. The van der Waals surface area contributed by atoms with Crippen molar-refractivity contribution in [2.45, 2.75) is 76.8 Å². The Hall–Kier alpha value is -0.160.